The Balaban J connectivity index is 2.23. The first-order valence-electron chi connectivity index (χ1n) is 6.07. The van der Waals surface area contributed by atoms with E-state index in [1.165, 1.54) is 0 Å². The van der Waals surface area contributed by atoms with Crippen molar-refractivity contribution in [3.63, 3.8) is 0 Å². The summed E-state index contributed by atoms with van der Waals surface area (Å²) in [5.74, 6) is 0. The number of fused-ring (bicyclic) bond motifs is 1. The number of benzene rings is 1. The van der Waals surface area contributed by atoms with Crippen LogP contribution in [0.15, 0.2) is 36.5 Å². The lowest BCUT2D eigenvalue weighted by molar-refractivity contribution is 1.10. The number of imidazole rings is 1. The van der Waals surface area contributed by atoms with E-state index >= 15 is 0 Å². The number of pyridine rings is 1. The van der Waals surface area contributed by atoms with Gasteiger partial charge in [0.2, 0.25) is 0 Å². The minimum absolute atomic E-state index is 0.683. The van der Waals surface area contributed by atoms with Gasteiger partial charge in [-0.05, 0) is 43.7 Å². The van der Waals surface area contributed by atoms with E-state index in [1.54, 1.807) is 0 Å². The molecule has 2 aromatic heterocycles. The third-order valence-electron chi connectivity index (χ3n) is 3.30. The Morgan fingerprint density at radius 3 is 2.63 bits per heavy atom. The van der Waals surface area contributed by atoms with E-state index in [0.717, 1.165) is 33.2 Å². The topological polar surface area (TPSA) is 43.3 Å². The van der Waals surface area contributed by atoms with Gasteiger partial charge in [-0.15, -0.1) is 0 Å². The molecule has 2 N–H and O–H groups in total. The molecular weight excluding hydrogens is 258 g/mol. The van der Waals surface area contributed by atoms with Gasteiger partial charge in [0.15, 0.2) is 5.65 Å². The second-order valence-electron chi connectivity index (χ2n) is 4.71. The number of hydrogen-bond donors (Lipinski definition) is 1. The summed E-state index contributed by atoms with van der Waals surface area (Å²) in [6, 6.07) is 9.78. The van der Waals surface area contributed by atoms with Crippen LogP contribution in [-0.2, 0) is 0 Å². The SMILES string of the molecule is Cc1cc(-c2cn3c(C)ccc(N)c3n2)ccc1Cl. The summed E-state index contributed by atoms with van der Waals surface area (Å²) in [4.78, 5) is 4.61. The molecule has 3 aromatic rings. The molecule has 0 amide bonds. The number of halogens is 1. The number of aromatic nitrogens is 2. The molecule has 0 aliphatic rings. The Labute approximate surface area is 116 Å². The maximum absolute atomic E-state index is 6.05. The molecule has 4 heteroatoms. The molecule has 0 spiro atoms. The minimum atomic E-state index is 0.683. The van der Waals surface area contributed by atoms with Gasteiger partial charge in [-0.2, -0.15) is 0 Å². The third kappa shape index (κ3) is 1.96. The predicted octanol–water partition coefficient (Wildman–Crippen LogP) is 3.85. The zero-order valence-corrected chi connectivity index (χ0v) is 11.6. The van der Waals surface area contributed by atoms with E-state index in [0.29, 0.717) is 5.69 Å². The van der Waals surface area contributed by atoms with Crippen LogP contribution in [-0.4, -0.2) is 9.38 Å². The molecular formula is C15H14ClN3. The van der Waals surface area contributed by atoms with Crippen molar-refractivity contribution in [3.8, 4) is 11.3 Å². The summed E-state index contributed by atoms with van der Waals surface area (Å²) < 4.78 is 2.01. The lowest BCUT2D eigenvalue weighted by Gasteiger charge is -2.00. The van der Waals surface area contributed by atoms with Gasteiger partial charge in [0.05, 0.1) is 11.4 Å². The first-order valence-corrected chi connectivity index (χ1v) is 6.45. The van der Waals surface area contributed by atoms with Crippen LogP contribution in [0.1, 0.15) is 11.3 Å². The predicted molar refractivity (Wildman–Crippen MR) is 79.5 cm³/mol. The number of hydrogen-bond acceptors (Lipinski definition) is 2. The van der Waals surface area contributed by atoms with Crippen LogP contribution in [0.5, 0.6) is 0 Å². The van der Waals surface area contributed by atoms with Crippen molar-refractivity contribution in [2.45, 2.75) is 13.8 Å². The molecule has 0 saturated heterocycles. The summed E-state index contributed by atoms with van der Waals surface area (Å²) in [5, 5.41) is 0.767. The molecule has 3 rings (SSSR count). The average molecular weight is 272 g/mol. The van der Waals surface area contributed by atoms with Gasteiger partial charge in [-0.3, -0.25) is 0 Å². The van der Waals surface area contributed by atoms with Gasteiger partial charge in [0, 0.05) is 22.5 Å². The highest BCUT2D eigenvalue weighted by Crippen LogP contribution is 2.26. The average Bonchev–Trinajstić information content (AvgIpc) is 2.83. The summed E-state index contributed by atoms with van der Waals surface area (Å²) in [7, 11) is 0. The Morgan fingerprint density at radius 2 is 1.95 bits per heavy atom. The molecule has 2 heterocycles. The van der Waals surface area contributed by atoms with Crippen molar-refractivity contribution < 1.29 is 0 Å². The molecule has 0 radical (unpaired) electrons. The van der Waals surface area contributed by atoms with Crippen molar-refractivity contribution >= 4 is 22.9 Å². The second-order valence-corrected chi connectivity index (χ2v) is 5.12. The fourth-order valence-electron chi connectivity index (χ4n) is 2.16. The van der Waals surface area contributed by atoms with Gasteiger partial charge in [-0.1, -0.05) is 17.7 Å². The fourth-order valence-corrected chi connectivity index (χ4v) is 2.28. The molecule has 0 aliphatic carbocycles. The highest BCUT2D eigenvalue weighted by molar-refractivity contribution is 6.31. The van der Waals surface area contributed by atoms with Crippen LogP contribution in [0.25, 0.3) is 16.9 Å². The Kier molecular flexibility index (Phi) is 2.72. The number of nitrogen functional groups attached to an aromatic ring is 1. The quantitative estimate of drug-likeness (QED) is 0.730. The highest BCUT2D eigenvalue weighted by atomic mass is 35.5. The van der Waals surface area contributed by atoms with E-state index in [9.17, 15) is 0 Å². The van der Waals surface area contributed by atoms with Crippen molar-refractivity contribution in [2.24, 2.45) is 0 Å². The molecule has 0 bridgehead atoms. The van der Waals surface area contributed by atoms with Gasteiger partial charge < -0.3 is 10.1 Å². The van der Waals surface area contributed by atoms with E-state index in [4.69, 9.17) is 17.3 Å². The van der Waals surface area contributed by atoms with Gasteiger partial charge >= 0.3 is 0 Å². The molecule has 0 saturated carbocycles. The summed E-state index contributed by atoms with van der Waals surface area (Å²) in [5.41, 5.74) is 11.5. The van der Waals surface area contributed by atoms with E-state index in [2.05, 4.69) is 4.98 Å². The van der Waals surface area contributed by atoms with Crippen LogP contribution in [0.2, 0.25) is 5.02 Å². The Bertz CT molecular complexity index is 735. The van der Waals surface area contributed by atoms with Crippen LogP contribution in [0.4, 0.5) is 5.69 Å². The van der Waals surface area contributed by atoms with Crippen LogP contribution in [0, 0.1) is 13.8 Å². The molecule has 0 fully saturated rings. The Hall–Kier alpha value is -2.00. The maximum atomic E-state index is 6.05. The van der Waals surface area contributed by atoms with E-state index < -0.39 is 0 Å². The summed E-state index contributed by atoms with van der Waals surface area (Å²) in [6.07, 6.45) is 2.00. The number of anilines is 1. The zero-order valence-electron chi connectivity index (χ0n) is 10.8. The van der Waals surface area contributed by atoms with E-state index in [1.807, 2.05) is 54.8 Å². The van der Waals surface area contributed by atoms with Gasteiger partial charge in [0.25, 0.3) is 0 Å². The van der Waals surface area contributed by atoms with Gasteiger partial charge in [-0.25, -0.2) is 4.98 Å². The van der Waals surface area contributed by atoms with Crippen LogP contribution < -0.4 is 5.73 Å². The number of rotatable bonds is 1. The van der Waals surface area contributed by atoms with Crippen molar-refractivity contribution in [1.82, 2.24) is 9.38 Å². The first-order chi connectivity index (χ1) is 9.06. The lowest BCUT2D eigenvalue weighted by atomic mass is 10.1. The molecule has 0 unspecified atom stereocenters. The van der Waals surface area contributed by atoms with Crippen molar-refractivity contribution in [2.75, 3.05) is 5.73 Å². The maximum Gasteiger partial charge on any atom is 0.160 e. The zero-order chi connectivity index (χ0) is 13.6. The number of nitrogens with two attached hydrogens (primary N) is 1. The number of aryl methyl sites for hydroxylation is 2. The third-order valence-corrected chi connectivity index (χ3v) is 3.73. The summed E-state index contributed by atoms with van der Waals surface area (Å²) >= 11 is 6.05. The molecule has 96 valence electrons. The standard InChI is InChI=1S/C15H14ClN3/c1-9-7-11(4-5-12(9)16)14-8-19-10(2)3-6-13(17)15(19)18-14/h3-8H,17H2,1-2H3. The largest absolute Gasteiger partial charge is 0.396 e. The first kappa shape index (κ1) is 12.1. The van der Waals surface area contributed by atoms with E-state index in [-0.39, 0.29) is 0 Å². The fraction of sp³-hybridized carbons (Fsp3) is 0.133. The van der Waals surface area contributed by atoms with Crippen molar-refractivity contribution in [3.05, 3.63) is 52.8 Å². The molecule has 0 atom stereocenters. The second kappa shape index (κ2) is 4.28. The minimum Gasteiger partial charge on any atom is -0.396 e. The van der Waals surface area contributed by atoms with Crippen LogP contribution in [0.3, 0.4) is 0 Å². The van der Waals surface area contributed by atoms with Gasteiger partial charge in [0.1, 0.15) is 0 Å². The monoisotopic (exact) mass is 271 g/mol. The summed E-state index contributed by atoms with van der Waals surface area (Å²) in [6.45, 7) is 4.02. The molecule has 3 nitrogen and oxygen atoms in total. The highest BCUT2D eigenvalue weighted by Gasteiger charge is 2.09. The lowest BCUT2D eigenvalue weighted by Crippen LogP contribution is -1.94. The molecule has 0 aliphatic heterocycles. The molecule has 1 aromatic carbocycles. The Morgan fingerprint density at radius 1 is 1.16 bits per heavy atom. The number of nitrogens with zero attached hydrogens (tertiary/aromatic N) is 2. The van der Waals surface area contributed by atoms with Crippen LogP contribution >= 0.6 is 11.6 Å². The normalized spacial score (nSPS) is 11.1. The smallest absolute Gasteiger partial charge is 0.160 e. The van der Waals surface area contributed by atoms with Crippen molar-refractivity contribution in [1.29, 1.82) is 0 Å². The molecule has 19 heavy (non-hydrogen) atoms.